The van der Waals surface area contributed by atoms with E-state index in [1.807, 2.05) is 32.0 Å². The number of anilines is 1. The highest BCUT2D eigenvalue weighted by atomic mass is 79.9. The van der Waals surface area contributed by atoms with Crippen molar-refractivity contribution in [3.8, 4) is 5.75 Å². The summed E-state index contributed by atoms with van der Waals surface area (Å²) < 4.78 is 6.33. The molecule has 2 N–H and O–H groups in total. The average molecular weight is 287 g/mol. The molecule has 0 bridgehead atoms. The number of primary amides is 1. The fraction of sp³-hybridized carbons (Fsp3) is 0.364. The van der Waals surface area contributed by atoms with E-state index in [4.69, 9.17) is 10.5 Å². The molecule has 1 rings (SSSR count). The van der Waals surface area contributed by atoms with Crippen LogP contribution in [0.5, 0.6) is 5.75 Å². The van der Waals surface area contributed by atoms with Gasteiger partial charge in [0.25, 0.3) is 0 Å². The van der Waals surface area contributed by atoms with Gasteiger partial charge in [0, 0.05) is 11.0 Å². The lowest BCUT2D eigenvalue weighted by molar-refractivity contribution is 0.253. The molecule has 0 unspecified atom stereocenters. The maximum Gasteiger partial charge on any atom is 0.319 e. The Balaban J connectivity index is 3.16. The van der Waals surface area contributed by atoms with E-state index in [0.717, 1.165) is 4.47 Å². The summed E-state index contributed by atoms with van der Waals surface area (Å²) in [4.78, 5) is 12.7. The van der Waals surface area contributed by atoms with E-state index in [0.29, 0.717) is 24.6 Å². The third-order valence-corrected chi connectivity index (χ3v) is 2.59. The van der Waals surface area contributed by atoms with E-state index >= 15 is 0 Å². The number of hydrogen-bond donors (Lipinski definition) is 1. The number of carbonyl (C=O) groups excluding carboxylic acids is 1. The van der Waals surface area contributed by atoms with Crippen molar-refractivity contribution in [1.82, 2.24) is 0 Å². The summed E-state index contributed by atoms with van der Waals surface area (Å²) in [5, 5.41) is 0. The highest BCUT2D eigenvalue weighted by Crippen LogP contribution is 2.31. The van der Waals surface area contributed by atoms with E-state index < -0.39 is 6.03 Å². The van der Waals surface area contributed by atoms with Crippen LogP contribution in [-0.2, 0) is 0 Å². The summed E-state index contributed by atoms with van der Waals surface area (Å²) in [6, 6.07) is 5.01. The molecule has 0 saturated carbocycles. The van der Waals surface area contributed by atoms with Gasteiger partial charge in [0.2, 0.25) is 0 Å². The molecule has 16 heavy (non-hydrogen) atoms. The summed E-state index contributed by atoms with van der Waals surface area (Å²) in [7, 11) is 0. The highest BCUT2D eigenvalue weighted by Gasteiger charge is 2.15. The molecule has 0 aromatic heterocycles. The van der Waals surface area contributed by atoms with Crippen LogP contribution in [0.2, 0.25) is 0 Å². The smallest absolute Gasteiger partial charge is 0.319 e. The number of nitrogens with two attached hydrogens (primary N) is 1. The zero-order valence-corrected chi connectivity index (χ0v) is 11.0. The maximum absolute atomic E-state index is 11.3. The quantitative estimate of drug-likeness (QED) is 0.925. The molecule has 1 aromatic rings. The highest BCUT2D eigenvalue weighted by molar-refractivity contribution is 9.10. The second-order valence-electron chi connectivity index (χ2n) is 3.13. The lowest BCUT2D eigenvalue weighted by Gasteiger charge is -2.21. The van der Waals surface area contributed by atoms with Crippen molar-refractivity contribution < 1.29 is 9.53 Å². The van der Waals surface area contributed by atoms with Gasteiger partial charge in [-0.1, -0.05) is 15.9 Å². The number of ether oxygens (including phenoxy) is 1. The Kier molecular flexibility index (Phi) is 4.61. The first-order valence-corrected chi connectivity index (χ1v) is 5.88. The average Bonchev–Trinajstić information content (AvgIpc) is 2.22. The molecule has 0 aliphatic rings. The summed E-state index contributed by atoms with van der Waals surface area (Å²) in [5.74, 6) is 0.659. The van der Waals surface area contributed by atoms with E-state index in [9.17, 15) is 4.79 Å². The molecule has 0 heterocycles. The van der Waals surface area contributed by atoms with Gasteiger partial charge in [-0.05, 0) is 32.0 Å². The van der Waals surface area contributed by atoms with Crippen molar-refractivity contribution >= 4 is 27.6 Å². The number of carbonyl (C=O) groups is 1. The normalized spacial score (nSPS) is 9.94. The van der Waals surface area contributed by atoms with Crippen molar-refractivity contribution in [2.24, 2.45) is 5.73 Å². The first kappa shape index (κ1) is 12.8. The van der Waals surface area contributed by atoms with Gasteiger partial charge in [-0.25, -0.2) is 4.79 Å². The Bertz CT molecular complexity index is 382. The minimum absolute atomic E-state index is 0.485. The first-order valence-electron chi connectivity index (χ1n) is 5.09. The SMILES string of the molecule is CCOc1ccc(Br)cc1N(CC)C(N)=O. The molecule has 0 saturated heterocycles. The Morgan fingerprint density at radius 1 is 1.50 bits per heavy atom. The minimum Gasteiger partial charge on any atom is -0.492 e. The number of benzene rings is 1. The van der Waals surface area contributed by atoms with E-state index in [1.165, 1.54) is 4.90 Å². The topological polar surface area (TPSA) is 55.6 Å². The number of amides is 2. The fourth-order valence-electron chi connectivity index (χ4n) is 1.42. The van der Waals surface area contributed by atoms with Crippen LogP contribution in [-0.4, -0.2) is 19.2 Å². The zero-order valence-electron chi connectivity index (χ0n) is 9.37. The van der Waals surface area contributed by atoms with E-state index in [-0.39, 0.29) is 0 Å². The molecule has 5 heteroatoms. The molecule has 0 fully saturated rings. The minimum atomic E-state index is -0.485. The van der Waals surface area contributed by atoms with Crippen LogP contribution >= 0.6 is 15.9 Å². The molecule has 0 atom stereocenters. The van der Waals surface area contributed by atoms with Crippen LogP contribution in [0.3, 0.4) is 0 Å². The molecule has 0 spiro atoms. The molecule has 4 nitrogen and oxygen atoms in total. The molecule has 0 aliphatic heterocycles. The monoisotopic (exact) mass is 286 g/mol. The molecule has 1 aromatic carbocycles. The molecular weight excluding hydrogens is 272 g/mol. The second kappa shape index (κ2) is 5.75. The third-order valence-electron chi connectivity index (χ3n) is 2.09. The van der Waals surface area contributed by atoms with Crippen LogP contribution in [0.4, 0.5) is 10.5 Å². The molecule has 2 amide bonds. The standard InChI is InChI=1S/C11H15BrN2O2/c1-3-14(11(13)15)9-7-8(12)5-6-10(9)16-4-2/h5-7H,3-4H2,1-2H3,(H2,13,15). The second-order valence-corrected chi connectivity index (χ2v) is 4.04. The van der Waals surface area contributed by atoms with Gasteiger partial charge in [-0.2, -0.15) is 0 Å². The van der Waals surface area contributed by atoms with E-state index in [2.05, 4.69) is 15.9 Å². The fourth-order valence-corrected chi connectivity index (χ4v) is 1.77. The molecule has 0 aliphatic carbocycles. The predicted octanol–water partition coefficient (Wildman–Crippen LogP) is 2.75. The van der Waals surface area contributed by atoms with Gasteiger partial charge >= 0.3 is 6.03 Å². The summed E-state index contributed by atoms with van der Waals surface area (Å²) >= 11 is 3.36. The third kappa shape index (κ3) is 2.88. The van der Waals surface area contributed by atoms with Gasteiger partial charge in [0.05, 0.1) is 12.3 Å². The number of hydrogen-bond acceptors (Lipinski definition) is 2. The maximum atomic E-state index is 11.3. The van der Waals surface area contributed by atoms with Crippen molar-refractivity contribution in [3.05, 3.63) is 22.7 Å². The lowest BCUT2D eigenvalue weighted by atomic mass is 10.2. The first-order chi connectivity index (χ1) is 7.60. The van der Waals surface area contributed by atoms with Crippen LogP contribution < -0.4 is 15.4 Å². The van der Waals surface area contributed by atoms with Crippen molar-refractivity contribution in [1.29, 1.82) is 0 Å². The van der Waals surface area contributed by atoms with Crippen molar-refractivity contribution in [2.75, 3.05) is 18.1 Å². The molecular formula is C11H15BrN2O2. The lowest BCUT2D eigenvalue weighted by Crippen LogP contribution is -2.35. The van der Waals surface area contributed by atoms with Crippen LogP contribution in [0.15, 0.2) is 22.7 Å². The number of nitrogens with zero attached hydrogens (tertiary/aromatic N) is 1. The zero-order chi connectivity index (χ0) is 12.1. The molecule has 0 radical (unpaired) electrons. The number of rotatable bonds is 4. The van der Waals surface area contributed by atoms with Crippen LogP contribution in [0.1, 0.15) is 13.8 Å². The summed E-state index contributed by atoms with van der Waals surface area (Å²) in [5.41, 5.74) is 6.00. The largest absolute Gasteiger partial charge is 0.492 e. The van der Waals surface area contributed by atoms with Gasteiger partial charge in [-0.15, -0.1) is 0 Å². The van der Waals surface area contributed by atoms with Gasteiger partial charge in [0.15, 0.2) is 0 Å². The van der Waals surface area contributed by atoms with Crippen molar-refractivity contribution in [3.63, 3.8) is 0 Å². The Labute approximate surface area is 103 Å². The Hall–Kier alpha value is -1.23. The van der Waals surface area contributed by atoms with Crippen molar-refractivity contribution in [2.45, 2.75) is 13.8 Å². The van der Waals surface area contributed by atoms with Gasteiger partial charge in [-0.3, -0.25) is 4.90 Å². The summed E-state index contributed by atoms with van der Waals surface area (Å²) in [6.45, 7) is 4.81. The summed E-state index contributed by atoms with van der Waals surface area (Å²) in [6.07, 6.45) is 0. The van der Waals surface area contributed by atoms with E-state index in [1.54, 1.807) is 0 Å². The Morgan fingerprint density at radius 3 is 2.69 bits per heavy atom. The van der Waals surface area contributed by atoms with Crippen LogP contribution in [0, 0.1) is 0 Å². The predicted molar refractivity (Wildman–Crippen MR) is 67.9 cm³/mol. The van der Waals surface area contributed by atoms with Crippen LogP contribution in [0.25, 0.3) is 0 Å². The number of urea groups is 1. The van der Waals surface area contributed by atoms with Gasteiger partial charge in [0.1, 0.15) is 5.75 Å². The number of halogens is 1. The Morgan fingerprint density at radius 2 is 2.19 bits per heavy atom. The van der Waals surface area contributed by atoms with Gasteiger partial charge < -0.3 is 10.5 Å². The molecule has 88 valence electrons.